The van der Waals surface area contributed by atoms with Gasteiger partial charge in [-0.3, -0.25) is 4.79 Å². The molecular weight excluding hydrogens is 416 g/mol. The van der Waals surface area contributed by atoms with Gasteiger partial charge >= 0.3 is 0 Å². The normalized spacial score (nSPS) is 22.9. The van der Waals surface area contributed by atoms with Crippen molar-refractivity contribution in [2.24, 2.45) is 5.92 Å². The number of sulfonamides is 1. The SMILES string of the molecule is CN(C(=O)C1CCCN(S(=O)(=O)c2ccc(Br)cc2)C1)C1CCCCC1. The van der Waals surface area contributed by atoms with E-state index in [0.29, 0.717) is 12.6 Å². The maximum atomic E-state index is 12.9. The highest BCUT2D eigenvalue weighted by Crippen LogP contribution is 2.28. The van der Waals surface area contributed by atoms with Crippen molar-refractivity contribution >= 4 is 31.9 Å². The molecule has 1 aliphatic carbocycles. The van der Waals surface area contributed by atoms with Crippen molar-refractivity contribution in [2.45, 2.75) is 55.9 Å². The van der Waals surface area contributed by atoms with E-state index in [1.54, 1.807) is 24.3 Å². The fraction of sp³-hybridized carbons (Fsp3) is 0.632. The molecule has 1 unspecified atom stereocenters. The number of hydrogen-bond donors (Lipinski definition) is 0. The van der Waals surface area contributed by atoms with E-state index >= 15 is 0 Å². The number of amides is 1. The summed E-state index contributed by atoms with van der Waals surface area (Å²) in [5, 5.41) is 0. The molecule has 2 fully saturated rings. The molecule has 0 radical (unpaired) electrons. The van der Waals surface area contributed by atoms with Crippen molar-refractivity contribution < 1.29 is 13.2 Å². The van der Waals surface area contributed by atoms with Crippen molar-refractivity contribution in [3.05, 3.63) is 28.7 Å². The van der Waals surface area contributed by atoms with Gasteiger partial charge in [0.15, 0.2) is 0 Å². The summed E-state index contributed by atoms with van der Waals surface area (Å²) in [5.41, 5.74) is 0. The van der Waals surface area contributed by atoms with Crippen LogP contribution in [0.15, 0.2) is 33.6 Å². The molecule has 1 aromatic rings. The smallest absolute Gasteiger partial charge is 0.243 e. The van der Waals surface area contributed by atoms with Gasteiger partial charge in [-0.1, -0.05) is 35.2 Å². The second kappa shape index (κ2) is 8.40. The maximum Gasteiger partial charge on any atom is 0.243 e. The van der Waals surface area contributed by atoms with Gasteiger partial charge in [0.2, 0.25) is 15.9 Å². The van der Waals surface area contributed by atoms with E-state index in [2.05, 4.69) is 15.9 Å². The van der Waals surface area contributed by atoms with Crippen LogP contribution in [0, 0.1) is 5.92 Å². The largest absolute Gasteiger partial charge is 0.342 e. The summed E-state index contributed by atoms with van der Waals surface area (Å²) in [7, 11) is -1.66. The molecule has 1 aliphatic heterocycles. The molecule has 0 bridgehead atoms. The Labute approximate surface area is 164 Å². The summed E-state index contributed by atoms with van der Waals surface area (Å²) in [4.78, 5) is 15.1. The molecule has 26 heavy (non-hydrogen) atoms. The minimum atomic E-state index is -3.55. The van der Waals surface area contributed by atoms with Crippen molar-refractivity contribution in [2.75, 3.05) is 20.1 Å². The molecule has 1 saturated carbocycles. The van der Waals surface area contributed by atoms with Crippen molar-refractivity contribution in [1.29, 1.82) is 0 Å². The Bertz CT molecular complexity index is 730. The molecule has 7 heteroatoms. The highest BCUT2D eigenvalue weighted by molar-refractivity contribution is 9.10. The van der Waals surface area contributed by atoms with E-state index in [1.807, 2.05) is 11.9 Å². The van der Waals surface area contributed by atoms with Gasteiger partial charge in [0.25, 0.3) is 0 Å². The topological polar surface area (TPSA) is 57.7 Å². The van der Waals surface area contributed by atoms with Gasteiger partial charge in [0, 0.05) is 30.7 Å². The van der Waals surface area contributed by atoms with E-state index in [-0.39, 0.29) is 23.3 Å². The van der Waals surface area contributed by atoms with Crippen LogP contribution in [0.1, 0.15) is 44.9 Å². The van der Waals surface area contributed by atoms with Crippen LogP contribution in [0.3, 0.4) is 0 Å². The minimum absolute atomic E-state index is 0.104. The number of carbonyl (C=O) groups is 1. The third-order valence-corrected chi connectivity index (χ3v) is 8.06. The van der Waals surface area contributed by atoms with Gasteiger partial charge in [-0.2, -0.15) is 4.31 Å². The Morgan fingerprint density at radius 1 is 1.08 bits per heavy atom. The highest BCUT2D eigenvalue weighted by atomic mass is 79.9. The Morgan fingerprint density at radius 3 is 2.38 bits per heavy atom. The molecule has 1 heterocycles. The molecule has 0 spiro atoms. The summed E-state index contributed by atoms with van der Waals surface area (Å²) < 4.78 is 28.2. The predicted molar refractivity (Wildman–Crippen MR) is 105 cm³/mol. The average Bonchev–Trinajstić information content (AvgIpc) is 2.68. The third-order valence-electron chi connectivity index (χ3n) is 5.65. The highest BCUT2D eigenvalue weighted by Gasteiger charge is 2.35. The molecule has 0 N–H and O–H groups in total. The first kappa shape index (κ1) is 19.8. The van der Waals surface area contributed by atoms with Crippen LogP contribution in [0.25, 0.3) is 0 Å². The molecule has 5 nitrogen and oxygen atoms in total. The maximum absolute atomic E-state index is 12.9. The lowest BCUT2D eigenvalue weighted by molar-refractivity contribution is -0.138. The molecule has 1 aromatic carbocycles. The van der Waals surface area contributed by atoms with E-state index in [0.717, 1.165) is 30.2 Å². The van der Waals surface area contributed by atoms with E-state index in [1.165, 1.54) is 23.6 Å². The molecule has 1 saturated heterocycles. The van der Waals surface area contributed by atoms with Gasteiger partial charge < -0.3 is 4.90 Å². The first-order valence-corrected chi connectivity index (χ1v) is 11.7. The lowest BCUT2D eigenvalue weighted by Gasteiger charge is -2.37. The Kier molecular flexibility index (Phi) is 6.41. The fourth-order valence-corrected chi connectivity index (χ4v) is 5.84. The lowest BCUT2D eigenvalue weighted by atomic mass is 9.92. The van der Waals surface area contributed by atoms with Gasteiger partial charge in [0.1, 0.15) is 0 Å². The predicted octanol–water partition coefficient (Wildman–Crippen LogP) is 3.64. The summed E-state index contributed by atoms with van der Waals surface area (Å²) >= 11 is 3.33. The monoisotopic (exact) mass is 442 g/mol. The van der Waals surface area contributed by atoms with Crippen LogP contribution in [0.2, 0.25) is 0 Å². The Balaban J connectivity index is 1.70. The van der Waals surface area contributed by atoms with Crippen LogP contribution < -0.4 is 0 Å². The number of hydrogen-bond acceptors (Lipinski definition) is 3. The quantitative estimate of drug-likeness (QED) is 0.714. The summed E-state index contributed by atoms with van der Waals surface area (Å²) in [6.07, 6.45) is 7.23. The lowest BCUT2D eigenvalue weighted by Crippen LogP contribution is -2.48. The molecule has 1 amide bonds. The molecule has 1 atom stereocenters. The first-order chi connectivity index (χ1) is 12.4. The van der Waals surface area contributed by atoms with Gasteiger partial charge in [0.05, 0.1) is 10.8 Å². The van der Waals surface area contributed by atoms with Crippen molar-refractivity contribution in [1.82, 2.24) is 9.21 Å². The van der Waals surface area contributed by atoms with Crippen molar-refractivity contribution in [3.63, 3.8) is 0 Å². The number of piperidine rings is 1. The first-order valence-electron chi connectivity index (χ1n) is 9.42. The zero-order valence-corrected chi connectivity index (χ0v) is 17.6. The minimum Gasteiger partial charge on any atom is -0.342 e. The van der Waals surface area contributed by atoms with Gasteiger partial charge in [-0.15, -0.1) is 0 Å². The zero-order chi connectivity index (χ0) is 18.7. The average molecular weight is 443 g/mol. The van der Waals surface area contributed by atoms with Crippen LogP contribution >= 0.6 is 15.9 Å². The van der Waals surface area contributed by atoms with Crippen LogP contribution in [0.4, 0.5) is 0 Å². The van der Waals surface area contributed by atoms with Gasteiger partial charge in [-0.25, -0.2) is 8.42 Å². The van der Waals surface area contributed by atoms with Crippen LogP contribution in [0.5, 0.6) is 0 Å². The number of benzene rings is 1. The second-order valence-corrected chi connectivity index (χ2v) is 10.3. The third kappa shape index (κ3) is 4.31. The number of nitrogens with zero attached hydrogens (tertiary/aromatic N) is 2. The molecule has 2 aliphatic rings. The zero-order valence-electron chi connectivity index (χ0n) is 15.2. The molecule has 3 rings (SSSR count). The molecular formula is C19H27BrN2O3S. The summed E-state index contributed by atoms with van der Waals surface area (Å²) in [6, 6.07) is 7.00. The summed E-state index contributed by atoms with van der Waals surface area (Å²) in [5.74, 6) is -0.131. The molecule has 0 aromatic heterocycles. The van der Waals surface area contributed by atoms with Crippen LogP contribution in [-0.4, -0.2) is 49.7 Å². The van der Waals surface area contributed by atoms with E-state index in [9.17, 15) is 13.2 Å². The van der Waals surface area contributed by atoms with Gasteiger partial charge in [-0.05, 0) is 49.9 Å². The number of carbonyl (C=O) groups excluding carboxylic acids is 1. The Morgan fingerprint density at radius 2 is 1.73 bits per heavy atom. The number of rotatable bonds is 4. The summed E-state index contributed by atoms with van der Waals surface area (Å²) in [6.45, 7) is 0.767. The van der Waals surface area contributed by atoms with E-state index in [4.69, 9.17) is 0 Å². The fourth-order valence-electron chi connectivity index (χ4n) is 4.05. The Hall–Kier alpha value is -0.920. The van der Waals surface area contributed by atoms with E-state index < -0.39 is 10.0 Å². The van der Waals surface area contributed by atoms with Crippen molar-refractivity contribution in [3.8, 4) is 0 Å². The standard InChI is InChI=1S/C19H27BrN2O3S/c1-21(17-7-3-2-4-8-17)19(23)15-6-5-13-22(14-15)26(24,25)18-11-9-16(20)10-12-18/h9-12,15,17H,2-8,13-14H2,1H3. The number of halogens is 1. The van der Waals surface area contributed by atoms with Crippen LogP contribution in [-0.2, 0) is 14.8 Å². The molecule has 144 valence electrons. The second-order valence-electron chi connectivity index (χ2n) is 7.40.